The van der Waals surface area contributed by atoms with Crippen molar-refractivity contribution >= 4 is 0 Å². The second kappa shape index (κ2) is 9.83. The van der Waals surface area contributed by atoms with E-state index in [1.165, 1.54) is 11.6 Å². The van der Waals surface area contributed by atoms with Crippen LogP contribution in [0.2, 0.25) is 0 Å². The Bertz CT molecular complexity index is 725. The van der Waals surface area contributed by atoms with Crippen LogP contribution in [0.3, 0.4) is 0 Å². The molecule has 27 heavy (non-hydrogen) atoms. The minimum Gasteiger partial charge on any atom is -0.494 e. The second-order valence-corrected chi connectivity index (χ2v) is 7.00. The summed E-state index contributed by atoms with van der Waals surface area (Å²) in [5, 5.41) is 9.53. The van der Waals surface area contributed by atoms with Gasteiger partial charge in [0.25, 0.3) is 0 Å². The third-order valence-electron chi connectivity index (χ3n) is 5.15. The number of piperazine rings is 1. The van der Waals surface area contributed by atoms with Crippen molar-refractivity contribution in [1.82, 2.24) is 9.80 Å². The molecular formula is C22H29FN2O2. The summed E-state index contributed by atoms with van der Waals surface area (Å²) in [4.78, 5) is 4.69. The molecule has 0 amide bonds. The summed E-state index contributed by atoms with van der Waals surface area (Å²) in [6.45, 7) is 6.80. The van der Waals surface area contributed by atoms with Crippen molar-refractivity contribution in [2.45, 2.75) is 32.5 Å². The molecule has 5 heteroatoms. The number of rotatable bonds is 8. The van der Waals surface area contributed by atoms with E-state index in [9.17, 15) is 9.50 Å². The standard InChI is InChI=1S/C22H29FN2O2/c1-2-27-22-10-6-4-8-19(22)16-25-13-12-24(17-20(25)11-14-26)15-18-7-3-5-9-21(18)23/h3-10,20,26H,2,11-17H2,1H3/t20-/m0/s1. The van der Waals surface area contributed by atoms with Crippen molar-refractivity contribution in [2.75, 3.05) is 32.8 Å². The van der Waals surface area contributed by atoms with Gasteiger partial charge >= 0.3 is 0 Å². The van der Waals surface area contributed by atoms with Crippen molar-refractivity contribution < 1.29 is 14.2 Å². The molecule has 146 valence electrons. The molecule has 1 aliphatic rings. The van der Waals surface area contributed by atoms with Gasteiger partial charge in [0.15, 0.2) is 0 Å². The van der Waals surface area contributed by atoms with E-state index in [1.807, 2.05) is 37.3 Å². The van der Waals surface area contributed by atoms with Crippen LogP contribution in [0, 0.1) is 5.82 Å². The Morgan fingerprint density at radius 1 is 1.04 bits per heavy atom. The molecule has 0 aliphatic carbocycles. The lowest BCUT2D eigenvalue weighted by atomic mass is 10.1. The average molecular weight is 372 g/mol. The Balaban J connectivity index is 1.67. The van der Waals surface area contributed by atoms with E-state index in [0.29, 0.717) is 19.6 Å². The Hall–Kier alpha value is -1.95. The first kappa shape index (κ1) is 19.8. The zero-order valence-electron chi connectivity index (χ0n) is 16.0. The van der Waals surface area contributed by atoms with Gasteiger partial charge in [-0.25, -0.2) is 4.39 Å². The van der Waals surface area contributed by atoms with Crippen LogP contribution in [0.15, 0.2) is 48.5 Å². The van der Waals surface area contributed by atoms with E-state index in [-0.39, 0.29) is 18.5 Å². The van der Waals surface area contributed by atoms with E-state index < -0.39 is 0 Å². The second-order valence-electron chi connectivity index (χ2n) is 7.00. The predicted molar refractivity (Wildman–Crippen MR) is 105 cm³/mol. The summed E-state index contributed by atoms with van der Waals surface area (Å²) >= 11 is 0. The van der Waals surface area contributed by atoms with Crippen molar-refractivity contribution in [3.05, 3.63) is 65.5 Å². The van der Waals surface area contributed by atoms with Gasteiger partial charge in [0.1, 0.15) is 11.6 Å². The molecule has 0 bridgehead atoms. The minimum absolute atomic E-state index is 0.149. The SMILES string of the molecule is CCOc1ccccc1CN1CCN(Cc2ccccc2F)C[C@@H]1CCO. The first-order valence-electron chi connectivity index (χ1n) is 9.72. The smallest absolute Gasteiger partial charge is 0.127 e. The van der Waals surface area contributed by atoms with Gasteiger partial charge in [0.05, 0.1) is 6.61 Å². The molecule has 4 nitrogen and oxygen atoms in total. The number of aliphatic hydroxyl groups is 1. The number of nitrogens with zero attached hydrogens (tertiary/aromatic N) is 2. The summed E-state index contributed by atoms with van der Waals surface area (Å²) in [5.41, 5.74) is 1.90. The molecule has 1 atom stereocenters. The topological polar surface area (TPSA) is 35.9 Å². The van der Waals surface area contributed by atoms with Gasteiger partial charge in [-0.1, -0.05) is 36.4 Å². The van der Waals surface area contributed by atoms with E-state index in [4.69, 9.17) is 4.74 Å². The fourth-order valence-electron chi connectivity index (χ4n) is 3.75. The third-order valence-corrected chi connectivity index (χ3v) is 5.15. The molecule has 0 saturated carbocycles. The molecule has 1 N–H and O–H groups in total. The summed E-state index contributed by atoms with van der Waals surface area (Å²) < 4.78 is 19.7. The van der Waals surface area contributed by atoms with Crippen LogP contribution >= 0.6 is 0 Å². The Morgan fingerprint density at radius 3 is 2.52 bits per heavy atom. The summed E-state index contributed by atoms with van der Waals surface area (Å²) in [6, 6.07) is 15.3. The molecule has 1 heterocycles. The van der Waals surface area contributed by atoms with Gasteiger partial charge in [0, 0.05) is 56.5 Å². The van der Waals surface area contributed by atoms with Crippen molar-refractivity contribution in [3.8, 4) is 5.75 Å². The Morgan fingerprint density at radius 2 is 1.78 bits per heavy atom. The highest BCUT2D eigenvalue weighted by Gasteiger charge is 2.27. The van der Waals surface area contributed by atoms with Crippen molar-refractivity contribution in [1.29, 1.82) is 0 Å². The van der Waals surface area contributed by atoms with Gasteiger partial charge in [-0.2, -0.15) is 0 Å². The summed E-state index contributed by atoms with van der Waals surface area (Å²) in [6.07, 6.45) is 0.713. The number of hydrogen-bond acceptors (Lipinski definition) is 4. The highest BCUT2D eigenvalue weighted by atomic mass is 19.1. The summed E-state index contributed by atoms with van der Waals surface area (Å²) in [5.74, 6) is 0.779. The Labute approximate surface area is 161 Å². The van der Waals surface area contributed by atoms with Crippen LogP contribution in [-0.2, 0) is 13.1 Å². The van der Waals surface area contributed by atoms with Crippen LogP contribution in [0.5, 0.6) is 5.75 Å². The minimum atomic E-state index is -0.149. The molecule has 0 aromatic heterocycles. The van der Waals surface area contributed by atoms with Crippen LogP contribution in [0.4, 0.5) is 4.39 Å². The normalized spacial score (nSPS) is 18.6. The zero-order valence-corrected chi connectivity index (χ0v) is 16.0. The highest BCUT2D eigenvalue weighted by Crippen LogP contribution is 2.24. The maximum Gasteiger partial charge on any atom is 0.127 e. The lowest BCUT2D eigenvalue weighted by molar-refractivity contribution is 0.0489. The largest absolute Gasteiger partial charge is 0.494 e. The average Bonchev–Trinajstić information content (AvgIpc) is 2.67. The molecule has 1 fully saturated rings. The first-order chi connectivity index (χ1) is 13.2. The monoisotopic (exact) mass is 372 g/mol. The molecule has 1 aliphatic heterocycles. The zero-order chi connectivity index (χ0) is 19.1. The van der Waals surface area contributed by atoms with Gasteiger partial charge in [-0.15, -0.1) is 0 Å². The fourth-order valence-corrected chi connectivity index (χ4v) is 3.75. The number of para-hydroxylation sites is 1. The van der Waals surface area contributed by atoms with Crippen molar-refractivity contribution in [2.24, 2.45) is 0 Å². The van der Waals surface area contributed by atoms with Gasteiger partial charge in [0.2, 0.25) is 0 Å². The molecule has 0 unspecified atom stereocenters. The number of benzene rings is 2. The maximum absolute atomic E-state index is 14.0. The maximum atomic E-state index is 14.0. The van der Waals surface area contributed by atoms with Crippen LogP contribution in [-0.4, -0.2) is 53.8 Å². The van der Waals surface area contributed by atoms with Crippen LogP contribution < -0.4 is 4.74 Å². The van der Waals surface area contributed by atoms with Gasteiger partial charge < -0.3 is 9.84 Å². The van der Waals surface area contributed by atoms with E-state index in [1.54, 1.807) is 6.07 Å². The molecule has 0 spiro atoms. The van der Waals surface area contributed by atoms with Crippen LogP contribution in [0.1, 0.15) is 24.5 Å². The lowest BCUT2D eigenvalue weighted by Gasteiger charge is -2.41. The third kappa shape index (κ3) is 5.28. The van der Waals surface area contributed by atoms with E-state index >= 15 is 0 Å². The summed E-state index contributed by atoms with van der Waals surface area (Å²) in [7, 11) is 0. The molecule has 2 aromatic rings. The molecule has 3 rings (SSSR count). The first-order valence-corrected chi connectivity index (χ1v) is 9.72. The molecular weight excluding hydrogens is 343 g/mol. The fraction of sp³-hybridized carbons (Fsp3) is 0.455. The number of ether oxygens (including phenoxy) is 1. The predicted octanol–water partition coefficient (Wildman–Crippen LogP) is 3.29. The number of aliphatic hydroxyl groups excluding tert-OH is 1. The lowest BCUT2D eigenvalue weighted by Crippen LogP contribution is -2.52. The van der Waals surface area contributed by atoms with Crippen LogP contribution in [0.25, 0.3) is 0 Å². The van der Waals surface area contributed by atoms with Gasteiger partial charge in [-0.05, 0) is 25.5 Å². The molecule has 2 aromatic carbocycles. The molecule has 0 radical (unpaired) electrons. The van der Waals surface area contributed by atoms with Gasteiger partial charge in [-0.3, -0.25) is 9.80 Å². The molecule has 1 saturated heterocycles. The number of hydrogen-bond donors (Lipinski definition) is 1. The van der Waals surface area contributed by atoms with Crippen molar-refractivity contribution in [3.63, 3.8) is 0 Å². The quantitative estimate of drug-likeness (QED) is 0.771. The Kier molecular flexibility index (Phi) is 7.21. The highest BCUT2D eigenvalue weighted by molar-refractivity contribution is 5.33. The van der Waals surface area contributed by atoms with E-state index in [0.717, 1.165) is 37.5 Å². The van der Waals surface area contributed by atoms with E-state index in [2.05, 4.69) is 15.9 Å². The number of halogens is 1.